The number of aryl methyl sites for hydroxylation is 2. The highest BCUT2D eigenvalue weighted by atomic mass is 35.5. The molecule has 2 aromatic rings. The third kappa shape index (κ3) is 4.86. The number of hydrogen-bond acceptors (Lipinski definition) is 5. The number of carbonyl (C=O) groups excluding carboxylic acids is 1. The smallest absolute Gasteiger partial charge is 0.338 e. The lowest BCUT2D eigenvalue weighted by Gasteiger charge is -2.42. The van der Waals surface area contributed by atoms with Crippen LogP contribution in [-0.2, 0) is 34.8 Å². The molecule has 1 aromatic heterocycles. The van der Waals surface area contributed by atoms with E-state index < -0.39 is 17.0 Å². The lowest BCUT2D eigenvalue weighted by molar-refractivity contribution is -0.167. The molecule has 180 valence electrons. The molecule has 0 radical (unpaired) electrons. The van der Waals surface area contributed by atoms with Crippen molar-refractivity contribution in [3.05, 3.63) is 63.6 Å². The molecule has 1 aliphatic carbocycles. The first kappa shape index (κ1) is 24.3. The average Bonchev–Trinajstić information content (AvgIpc) is 3.47. The molecular weight excluding hydrogens is 450 g/mol. The summed E-state index contributed by atoms with van der Waals surface area (Å²) in [4.78, 5) is 13.1. The summed E-state index contributed by atoms with van der Waals surface area (Å²) < 4.78 is 7.88. The minimum absolute atomic E-state index is 0.123. The van der Waals surface area contributed by atoms with Crippen LogP contribution in [0.4, 0.5) is 0 Å². The van der Waals surface area contributed by atoms with Gasteiger partial charge in [0.1, 0.15) is 11.4 Å². The topological polar surface area (TPSA) is 88.1 Å². The van der Waals surface area contributed by atoms with Gasteiger partial charge in [0.25, 0.3) is 0 Å². The van der Waals surface area contributed by atoms with Crippen LogP contribution < -0.4 is 0 Å². The Kier molecular flexibility index (Phi) is 6.78. The molecule has 0 amide bonds. The Morgan fingerprint density at radius 1 is 1.32 bits per heavy atom. The van der Waals surface area contributed by atoms with Crippen molar-refractivity contribution in [2.24, 2.45) is 13.0 Å². The van der Waals surface area contributed by atoms with Gasteiger partial charge in [-0.2, -0.15) is 10.4 Å². The normalized spacial score (nSPS) is 21.6. The molecule has 6 nitrogen and oxygen atoms in total. The van der Waals surface area contributed by atoms with Crippen LogP contribution in [0.15, 0.2) is 41.8 Å². The molecule has 1 aliphatic heterocycles. The van der Waals surface area contributed by atoms with Gasteiger partial charge in [-0.05, 0) is 68.7 Å². The number of carbonyl (C=O) groups is 1. The predicted molar refractivity (Wildman–Crippen MR) is 130 cm³/mol. The van der Waals surface area contributed by atoms with Crippen LogP contribution in [0.5, 0.6) is 0 Å². The summed E-state index contributed by atoms with van der Waals surface area (Å²) in [6, 6.07) is 9.96. The average molecular weight is 482 g/mol. The number of rotatable bonds is 7. The van der Waals surface area contributed by atoms with Gasteiger partial charge in [-0.15, -0.1) is 0 Å². The largest absolute Gasteiger partial charge is 0.512 e. The molecule has 1 aromatic carbocycles. The zero-order chi connectivity index (χ0) is 24.5. The standard InChI is InChI=1S/C27H32ClN3O3/c1-26(2,17-29)22-9-8-18(14-23(22)28)10-12-27(19-6-4-5-7-19)16-24(32)21(25(33)34-27)15-20-11-13-31(3)30-20/h8-9,11,13-14,19,32H,4-7,10,12,15-16H2,1-3H3. The van der Waals surface area contributed by atoms with Crippen molar-refractivity contribution in [2.75, 3.05) is 0 Å². The fourth-order valence-electron chi connectivity index (χ4n) is 5.36. The summed E-state index contributed by atoms with van der Waals surface area (Å²) in [6.07, 6.45) is 7.90. The quantitative estimate of drug-likeness (QED) is 0.509. The van der Waals surface area contributed by atoms with Gasteiger partial charge in [0.2, 0.25) is 0 Å². The number of aliphatic hydroxyl groups is 1. The first-order chi connectivity index (χ1) is 16.1. The summed E-state index contributed by atoms with van der Waals surface area (Å²) >= 11 is 6.53. The third-order valence-corrected chi connectivity index (χ3v) is 7.72. The number of aliphatic hydroxyl groups excluding tert-OH is 1. The van der Waals surface area contributed by atoms with E-state index >= 15 is 0 Å². The van der Waals surface area contributed by atoms with Crippen LogP contribution in [0.3, 0.4) is 0 Å². The van der Waals surface area contributed by atoms with E-state index in [0.29, 0.717) is 29.9 Å². The number of ether oxygens (including phenoxy) is 1. The van der Waals surface area contributed by atoms with Gasteiger partial charge in [-0.25, -0.2) is 4.79 Å². The number of aromatic nitrogens is 2. The zero-order valence-corrected chi connectivity index (χ0v) is 20.9. The van der Waals surface area contributed by atoms with Crippen molar-refractivity contribution < 1.29 is 14.6 Å². The number of esters is 1. The second-order valence-corrected chi connectivity index (χ2v) is 10.7. The number of nitriles is 1. The molecule has 0 saturated heterocycles. The number of halogens is 1. The Bertz CT molecular complexity index is 1150. The predicted octanol–water partition coefficient (Wildman–Crippen LogP) is 5.74. The van der Waals surface area contributed by atoms with Gasteiger partial charge in [0.15, 0.2) is 0 Å². The van der Waals surface area contributed by atoms with Crippen molar-refractivity contribution >= 4 is 17.6 Å². The van der Waals surface area contributed by atoms with Gasteiger partial charge >= 0.3 is 5.97 Å². The fraction of sp³-hybridized carbons (Fsp3) is 0.519. The molecular formula is C27H32ClN3O3. The van der Waals surface area contributed by atoms with E-state index in [-0.39, 0.29) is 18.1 Å². The van der Waals surface area contributed by atoms with E-state index in [1.54, 1.807) is 4.68 Å². The van der Waals surface area contributed by atoms with Crippen molar-refractivity contribution in [2.45, 2.75) is 76.2 Å². The van der Waals surface area contributed by atoms with Crippen LogP contribution in [-0.4, -0.2) is 26.5 Å². The lowest BCUT2D eigenvalue weighted by Crippen LogP contribution is -2.46. The van der Waals surface area contributed by atoms with Crippen LogP contribution in [0.25, 0.3) is 0 Å². The summed E-state index contributed by atoms with van der Waals surface area (Å²) in [7, 11) is 1.82. The van der Waals surface area contributed by atoms with E-state index in [2.05, 4.69) is 11.2 Å². The molecule has 4 rings (SSSR count). The van der Waals surface area contributed by atoms with E-state index in [4.69, 9.17) is 16.3 Å². The van der Waals surface area contributed by atoms with Gasteiger partial charge < -0.3 is 9.84 Å². The molecule has 1 atom stereocenters. The van der Waals surface area contributed by atoms with Crippen molar-refractivity contribution in [1.29, 1.82) is 5.26 Å². The maximum Gasteiger partial charge on any atom is 0.338 e. The Morgan fingerprint density at radius 2 is 2.06 bits per heavy atom. The monoisotopic (exact) mass is 481 g/mol. The highest BCUT2D eigenvalue weighted by Crippen LogP contribution is 2.46. The SMILES string of the molecule is Cn1ccc(CC2=C(O)CC(CCc3ccc(C(C)(C)C#N)c(Cl)c3)(C3CCCC3)OC2=O)n1. The van der Waals surface area contributed by atoms with Crippen molar-refractivity contribution in [3.63, 3.8) is 0 Å². The minimum Gasteiger partial charge on any atom is -0.512 e. The highest BCUT2D eigenvalue weighted by Gasteiger charge is 2.48. The van der Waals surface area contributed by atoms with Crippen molar-refractivity contribution in [3.8, 4) is 6.07 Å². The lowest BCUT2D eigenvalue weighted by atomic mass is 9.76. The first-order valence-electron chi connectivity index (χ1n) is 12.0. The van der Waals surface area contributed by atoms with E-state index in [9.17, 15) is 15.2 Å². The summed E-state index contributed by atoms with van der Waals surface area (Å²) in [5, 5.41) is 25.3. The Morgan fingerprint density at radius 3 is 2.65 bits per heavy atom. The molecule has 1 unspecified atom stereocenters. The van der Waals surface area contributed by atoms with Crippen LogP contribution in [0, 0.1) is 17.2 Å². The van der Waals surface area contributed by atoms with Gasteiger partial charge in [0.05, 0.1) is 22.8 Å². The minimum atomic E-state index is -0.720. The van der Waals surface area contributed by atoms with Crippen LogP contribution >= 0.6 is 11.6 Å². The molecule has 0 bridgehead atoms. The second kappa shape index (κ2) is 9.46. The summed E-state index contributed by atoms with van der Waals surface area (Å²) in [5.74, 6) is -0.0920. The van der Waals surface area contributed by atoms with E-state index in [0.717, 1.165) is 42.5 Å². The molecule has 34 heavy (non-hydrogen) atoms. The van der Waals surface area contributed by atoms with E-state index in [1.807, 2.05) is 51.4 Å². The van der Waals surface area contributed by atoms with Gasteiger partial charge in [0, 0.05) is 31.1 Å². The Labute approximate surface area is 206 Å². The molecule has 7 heteroatoms. The summed E-state index contributed by atoms with van der Waals surface area (Å²) in [6.45, 7) is 3.70. The highest BCUT2D eigenvalue weighted by molar-refractivity contribution is 6.31. The summed E-state index contributed by atoms with van der Waals surface area (Å²) in [5.41, 5.74) is 1.47. The molecule has 0 spiro atoms. The second-order valence-electron chi connectivity index (χ2n) is 10.2. The van der Waals surface area contributed by atoms with Crippen LogP contribution in [0.2, 0.25) is 5.02 Å². The van der Waals surface area contributed by atoms with Crippen molar-refractivity contribution in [1.82, 2.24) is 9.78 Å². The van der Waals surface area contributed by atoms with Gasteiger partial charge in [-0.3, -0.25) is 4.68 Å². The number of nitrogens with zero attached hydrogens (tertiary/aromatic N) is 3. The number of cyclic esters (lactones) is 1. The number of hydrogen-bond donors (Lipinski definition) is 1. The molecule has 1 fully saturated rings. The number of benzene rings is 1. The molecule has 1 saturated carbocycles. The maximum atomic E-state index is 13.1. The zero-order valence-electron chi connectivity index (χ0n) is 20.1. The fourth-order valence-corrected chi connectivity index (χ4v) is 5.80. The Hall–Kier alpha value is -2.78. The van der Waals surface area contributed by atoms with Crippen LogP contribution in [0.1, 0.15) is 69.2 Å². The Balaban J connectivity index is 1.56. The molecule has 2 aliphatic rings. The molecule has 1 N–H and O–H groups in total. The van der Waals surface area contributed by atoms with E-state index in [1.165, 1.54) is 0 Å². The first-order valence-corrected chi connectivity index (χ1v) is 12.3. The maximum absolute atomic E-state index is 13.1. The molecule has 2 heterocycles. The van der Waals surface area contributed by atoms with Gasteiger partial charge in [-0.1, -0.05) is 36.6 Å². The third-order valence-electron chi connectivity index (χ3n) is 7.41.